The zero-order valence-electron chi connectivity index (χ0n) is 22.1. The molecule has 1 amide bonds. The predicted octanol–water partition coefficient (Wildman–Crippen LogP) is 5.78. The van der Waals surface area contributed by atoms with E-state index in [0.717, 1.165) is 30.6 Å². The number of nitrogens with one attached hydrogen (secondary N) is 1. The minimum absolute atomic E-state index is 0.164. The first-order valence-electron chi connectivity index (χ1n) is 12.3. The fourth-order valence-corrected chi connectivity index (χ4v) is 6.55. The van der Waals surface area contributed by atoms with E-state index in [0.29, 0.717) is 33.2 Å². The second kappa shape index (κ2) is 11.2. The molecule has 0 spiro atoms. The molecule has 1 aliphatic rings. The Balaban J connectivity index is 1.37. The Kier molecular flexibility index (Phi) is 8.14. The first-order chi connectivity index (χ1) is 17.6. The lowest BCUT2D eigenvalue weighted by Gasteiger charge is -2.33. The molecular formula is C27H33N5O3S2. The molecular weight excluding hydrogens is 506 g/mol. The molecule has 10 heteroatoms. The predicted molar refractivity (Wildman–Crippen MR) is 146 cm³/mol. The van der Waals surface area contributed by atoms with Crippen molar-refractivity contribution in [2.45, 2.75) is 58.2 Å². The van der Waals surface area contributed by atoms with Crippen LogP contribution in [-0.4, -0.2) is 33.5 Å². The number of thioether (sulfide) groups is 1. The molecule has 0 bridgehead atoms. The lowest BCUT2D eigenvalue weighted by atomic mass is 9.72. The fraction of sp³-hybridized carbons (Fsp3) is 0.481. The van der Waals surface area contributed by atoms with Crippen molar-refractivity contribution in [2.24, 2.45) is 18.4 Å². The van der Waals surface area contributed by atoms with Crippen molar-refractivity contribution >= 4 is 34.0 Å². The highest BCUT2D eigenvalue weighted by Crippen LogP contribution is 2.44. The fourth-order valence-electron chi connectivity index (χ4n) is 4.54. The van der Waals surface area contributed by atoms with E-state index in [2.05, 4.69) is 42.4 Å². The van der Waals surface area contributed by atoms with Crippen LogP contribution in [0.25, 0.3) is 0 Å². The number of anilines is 1. The lowest BCUT2D eigenvalue weighted by molar-refractivity contribution is -0.113. The second-order valence-corrected chi connectivity index (χ2v) is 12.3. The van der Waals surface area contributed by atoms with Crippen LogP contribution >= 0.6 is 23.1 Å². The zero-order valence-corrected chi connectivity index (χ0v) is 23.8. The molecule has 196 valence electrons. The van der Waals surface area contributed by atoms with Crippen LogP contribution in [0.4, 0.5) is 5.00 Å². The number of nitrogens with zero attached hydrogens (tertiary/aromatic N) is 4. The smallest absolute Gasteiger partial charge is 0.235 e. The van der Waals surface area contributed by atoms with E-state index in [9.17, 15) is 10.1 Å². The standard InChI is InChI=1S/C27H33N5O3S2/c1-16(35-19-10-8-18(34-6)9-11-19)24-30-31-26(32(24)5)36-15-23(33)29-25-21(14-28)20-12-7-17(27(2,3)4)13-22(20)37-25/h8-11,16-17H,7,12-13,15H2,1-6H3,(H,29,33). The number of nitriles is 1. The first-order valence-corrected chi connectivity index (χ1v) is 14.1. The van der Waals surface area contributed by atoms with Gasteiger partial charge in [-0.1, -0.05) is 32.5 Å². The molecule has 2 atom stereocenters. The Labute approximate surface area is 226 Å². The summed E-state index contributed by atoms with van der Waals surface area (Å²) >= 11 is 2.85. The van der Waals surface area contributed by atoms with Gasteiger partial charge in [0.1, 0.15) is 22.6 Å². The van der Waals surface area contributed by atoms with Crippen molar-refractivity contribution in [1.82, 2.24) is 14.8 Å². The molecule has 4 rings (SSSR count). The van der Waals surface area contributed by atoms with E-state index in [1.54, 1.807) is 18.4 Å². The molecule has 0 radical (unpaired) electrons. The number of aromatic nitrogens is 3. The van der Waals surface area contributed by atoms with E-state index < -0.39 is 0 Å². The average Bonchev–Trinajstić information content (AvgIpc) is 3.41. The maximum absolute atomic E-state index is 12.8. The molecule has 8 nitrogen and oxygen atoms in total. The second-order valence-electron chi connectivity index (χ2n) is 10.3. The molecule has 0 aliphatic heterocycles. The quantitative estimate of drug-likeness (QED) is 0.362. The summed E-state index contributed by atoms with van der Waals surface area (Å²) in [6, 6.07) is 9.68. The summed E-state index contributed by atoms with van der Waals surface area (Å²) in [5.74, 6) is 2.69. The number of benzene rings is 1. The largest absolute Gasteiger partial charge is 0.497 e. The van der Waals surface area contributed by atoms with Crippen LogP contribution in [0.3, 0.4) is 0 Å². The minimum Gasteiger partial charge on any atom is -0.497 e. The van der Waals surface area contributed by atoms with Crippen molar-refractivity contribution in [3.8, 4) is 17.6 Å². The number of rotatable bonds is 8. The van der Waals surface area contributed by atoms with E-state index >= 15 is 0 Å². The van der Waals surface area contributed by atoms with Gasteiger partial charge < -0.3 is 19.4 Å². The number of fused-ring (bicyclic) bond motifs is 1. The molecule has 2 heterocycles. The molecule has 1 aliphatic carbocycles. The lowest BCUT2D eigenvalue weighted by Crippen LogP contribution is -2.26. The van der Waals surface area contributed by atoms with Gasteiger partial charge in [-0.15, -0.1) is 21.5 Å². The normalized spacial score (nSPS) is 16.0. The van der Waals surface area contributed by atoms with Gasteiger partial charge in [0.2, 0.25) is 5.91 Å². The van der Waals surface area contributed by atoms with Gasteiger partial charge in [-0.2, -0.15) is 5.26 Å². The van der Waals surface area contributed by atoms with Crippen LogP contribution < -0.4 is 14.8 Å². The summed E-state index contributed by atoms with van der Waals surface area (Å²) in [6.45, 7) is 8.71. The number of ether oxygens (including phenoxy) is 2. The summed E-state index contributed by atoms with van der Waals surface area (Å²) in [7, 11) is 3.48. The Morgan fingerprint density at radius 2 is 2.00 bits per heavy atom. The number of hydrogen-bond donors (Lipinski definition) is 1. The number of thiophene rings is 1. The molecule has 3 aromatic rings. The van der Waals surface area contributed by atoms with Gasteiger partial charge >= 0.3 is 0 Å². The van der Waals surface area contributed by atoms with E-state index in [4.69, 9.17) is 9.47 Å². The van der Waals surface area contributed by atoms with Gasteiger partial charge in [-0.05, 0) is 67.3 Å². The van der Waals surface area contributed by atoms with E-state index in [-0.39, 0.29) is 23.2 Å². The molecule has 1 aromatic carbocycles. The van der Waals surface area contributed by atoms with Crippen LogP contribution in [0.1, 0.15) is 62.0 Å². The van der Waals surface area contributed by atoms with Crippen molar-refractivity contribution < 1.29 is 14.3 Å². The summed E-state index contributed by atoms with van der Waals surface area (Å²) in [5, 5.41) is 22.6. The molecule has 2 unspecified atom stereocenters. The van der Waals surface area contributed by atoms with Gasteiger partial charge in [0.05, 0.1) is 18.4 Å². The van der Waals surface area contributed by atoms with Gasteiger partial charge in [0.25, 0.3) is 0 Å². The molecule has 37 heavy (non-hydrogen) atoms. The van der Waals surface area contributed by atoms with Crippen LogP contribution in [0, 0.1) is 22.7 Å². The highest BCUT2D eigenvalue weighted by atomic mass is 32.2. The minimum atomic E-state index is -0.332. The molecule has 0 saturated carbocycles. The molecule has 2 aromatic heterocycles. The van der Waals surface area contributed by atoms with Gasteiger partial charge in [0, 0.05) is 11.9 Å². The molecule has 1 N–H and O–H groups in total. The number of methoxy groups -OCH3 is 1. The summed E-state index contributed by atoms with van der Waals surface area (Å²) in [5.41, 5.74) is 1.96. The Hall–Kier alpha value is -3.03. The van der Waals surface area contributed by atoms with Crippen LogP contribution in [0.15, 0.2) is 29.4 Å². The van der Waals surface area contributed by atoms with E-state index in [1.165, 1.54) is 16.6 Å². The van der Waals surface area contributed by atoms with Crippen LogP contribution in [0.2, 0.25) is 0 Å². The summed E-state index contributed by atoms with van der Waals surface area (Å²) in [4.78, 5) is 14.0. The first kappa shape index (κ1) is 27.0. The zero-order chi connectivity index (χ0) is 26.7. The number of hydrogen-bond acceptors (Lipinski definition) is 8. The topological polar surface area (TPSA) is 102 Å². The molecule has 0 saturated heterocycles. The van der Waals surface area contributed by atoms with Crippen molar-refractivity contribution in [2.75, 3.05) is 18.2 Å². The highest BCUT2D eigenvalue weighted by molar-refractivity contribution is 7.99. The van der Waals surface area contributed by atoms with Crippen molar-refractivity contribution in [3.63, 3.8) is 0 Å². The van der Waals surface area contributed by atoms with Crippen molar-refractivity contribution in [1.29, 1.82) is 5.26 Å². The van der Waals surface area contributed by atoms with E-state index in [1.807, 2.05) is 42.8 Å². The van der Waals surface area contributed by atoms with Crippen LogP contribution in [-0.2, 0) is 24.7 Å². The monoisotopic (exact) mass is 539 g/mol. The number of carbonyl (C=O) groups excluding carboxylic acids is 1. The van der Waals surface area contributed by atoms with Gasteiger partial charge in [0.15, 0.2) is 17.1 Å². The maximum Gasteiger partial charge on any atom is 0.235 e. The third-order valence-electron chi connectivity index (χ3n) is 6.79. The maximum atomic E-state index is 12.8. The van der Waals surface area contributed by atoms with Crippen molar-refractivity contribution in [3.05, 3.63) is 46.1 Å². The summed E-state index contributed by atoms with van der Waals surface area (Å²) < 4.78 is 13.0. The number of amides is 1. The van der Waals surface area contributed by atoms with Gasteiger partial charge in [-0.25, -0.2) is 0 Å². The summed E-state index contributed by atoms with van der Waals surface area (Å²) in [6.07, 6.45) is 2.59. The third kappa shape index (κ3) is 6.11. The SMILES string of the molecule is COc1ccc(OC(C)c2nnc(SCC(=O)Nc3sc4c(c3C#N)CCC(C(C)(C)C)C4)n2C)cc1. The number of carbonyl (C=O) groups is 1. The van der Waals surface area contributed by atoms with Gasteiger partial charge in [-0.3, -0.25) is 4.79 Å². The highest BCUT2D eigenvalue weighted by Gasteiger charge is 2.32. The molecule has 0 fully saturated rings. The Bertz CT molecular complexity index is 1300. The average molecular weight is 540 g/mol. The third-order valence-corrected chi connectivity index (χ3v) is 8.98. The Morgan fingerprint density at radius 1 is 1.30 bits per heavy atom. The Morgan fingerprint density at radius 3 is 2.65 bits per heavy atom. The van der Waals surface area contributed by atoms with Crippen LogP contribution in [0.5, 0.6) is 11.5 Å².